The van der Waals surface area contributed by atoms with Crippen LogP contribution >= 0.6 is 0 Å². The van der Waals surface area contributed by atoms with Crippen LogP contribution in [0.5, 0.6) is 0 Å². The van der Waals surface area contributed by atoms with Crippen molar-refractivity contribution in [1.29, 1.82) is 0 Å². The van der Waals surface area contributed by atoms with Gasteiger partial charge in [0.05, 0.1) is 12.1 Å². The molecule has 5 heteroatoms. The zero-order chi connectivity index (χ0) is 16.2. The van der Waals surface area contributed by atoms with E-state index in [1.165, 1.54) is 5.56 Å². The number of rotatable bonds is 4. The molecule has 1 aromatic heterocycles. The summed E-state index contributed by atoms with van der Waals surface area (Å²) in [4.78, 5) is 20.6. The minimum Gasteiger partial charge on any atom is -0.460 e. The van der Waals surface area contributed by atoms with Gasteiger partial charge in [0, 0.05) is 11.1 Å². The summed E-state index contributed by atoms with van der Waals surface area (Å²) < 4.78 is 5.01. The third-order valence-electron chi connectivity index (χ3n) is 3.38. The molecule has 1 N–H and O–H groups in total. The molecule has 0 unspecified atom stereocenters. The Morgan fingerprint density at radius 1 is 1.09 bits per heavy atom. The van der Waals surface area contributed by atoms with Crippen LogP contribution in [0.25, 0.3) is 10.9 Å². The molecular formula is C18H17N3O2. The van der Waals surface area contributed by atoms with Gasteiger partial charge in [-0.1, -0.05) is 29.8 Å². The first-order valence-electron chi connectivity index (χ1n) is 7.45. The SMILES string of the molecule is CCOC(=O)c1nc(Nc2ccc(C)cc2)c2ccccc2n1. The van der Waals surface area contributed by atoms with E-state index in [-0.39, 0.29) is 12.4 Å². The number of hydrogen-bond donors (Lipinski definition) is 1. The molecular weight excluding hydrogens is 290 g/mol. The van der Waals surface area contributed by atoms with E-state index < -0.39 is 5.97 Å². The number of fused-ring (bicyclic) bond motifs is 1. The van der Waals surface area contributed by atoms with Gasteiger partial charge in [0.2, 0.25) is 5.82 Å². The van der Waals surface area contributed by atoms with Gasteiger partial charge in [0.1, 0.15) is 5.82 Å². The third kappa shape index (κ3) is 3.29. The summed E-state index contributed by atoms with van der Waals surface area (Å²) >= 11 is 0. The van der Waals surface area contributed by atoms with Crippen molar-refractivity contribution in [2.24, 2.45) is 0 Å². The predicted octanol–water partition coefficient (Wildman–Crippen LogP) is 3.86. The van der Waals surface area contributed by atoms with Crippen molar-refractivity contribution in [3.8, 4) is 0 Å². The first-order valence-corrected chi connectivity index (χ1v) is 7.45. The lowest BCUT2D eigenvalue weighted by Crippen LogP contribution is -2.11. The molecule has 3 rings (SSSR count). The minimum absolute atomic E-state index is 0.0557. The quantitative estimate of drug-likeness (QED) is 0.741. The maximum absolute atomic E-state index is 12.0. The fourth-order valence-corrected chi connectivity index (χ4v) is 2.23. The van der Waals surface area contributed by atoms with Crippen molar-refractivity contribution in [1.82, 2.24) is 9.97 Å². The molecule has 5 nitrogen and oxygen atoms in total. The van der Waals surface area contributed by atoms with Crippen LogP contribution in [0.15, 0.2) is 48.5 Å². The Labute approximate surface area is 134 Å². The summed E-state index contributed by atoms with van der Waals surface area (Å²) in [5, 5.41) is 4.10. The van der Waals surface area contributed by atoms with E-state index in [1.807, 2.05) is 55.5 Å². The van der Waals surface area contributed by atoms with Crippen molar-refractivity contribution >= 4 is 28.4 Å². The third-order valence-corrected chi connectivity index (χ3v) is 3.38. The molecule has 0 aliphatic carbocycles. The van der Waals surface area contributed by atoms with Crippen molar-refractivity contribution in [3.63, 3.8) is 0 Å². The monoisotopic (exact) mass is 307 g/mol. The Bertz CT molecular complexity index is 845. The van der Waals surface area contributed by atoms with Crippen LogP contribution in [-0.2, 0) is 4.74 Å². The average molecular weight is 307 g/mol. The van der Waals surface area contributed by atoms with Crippen LogP contribution < -0.4 is 5.32 Å². The van der Waals surface area contributed by atoms with Crippen molar-refractivity contribution in [2.75, 3.05) is 11.9 Å². The molecule has 0 saturated heterocycles. The summed E-state index contributed by atoms with van der Waals surface area (Å²) in [6.07, 6.45) is 0. The van der Waals surface area contributed by atoms with Gasteiger partial charge in [-0.3, -0.25) is 0 Å². The van der Waals surface area contributed by atoms with Gasteiger partial charge in [0.15, 0.2) is 0 Å². The standard InChI is InChI=1S/C18H17N3O2/c1-3-23-18(22)17-20-15-7-5-4-6-14(15)16(21-17)19-13-10-8-12(2)9-11-13/h4-11H,3H2,1-2H3,(H,19,20,21). The first-order chi connectivity index (χ1) is 11.2. The second-order valence-electron chi connectivity index (χ2n) is 5.12. The predicted molar refractivity (Wildman–Crippen MR) is 90.0 cm³/mol. The molecule has 116 valence electrons. The van der Waals surface area contributed by atoms with Crippen molar-refractivity contribution in [2.45, 2.75) is 13.8 Å². The molecule has 23 heavy (non-hydrogen) atoms. The van der Waals surface area contributed by atoms with Crippen LogP contribution in [0, 0.1) is 6.92 Å². The maximum atomic E-state index is 12.0. The molecule has 0 fully saturated rings. The minimum atomic E-state index is -0.523. The largest absolute Gasteiger partial charge is 0.460 e. The Balaban J connectivity index is 2.06. The molecule has 1 heterocycles. The van der Waals surface area contributed by atoms with Gasteiger partial charge in [-0.25, -0.2) is 14.8 Å². The van der Waals surface area contributed by atoms with E-state index in [9.17, 15) is 4.79 Å². The van der Waals surface area contributed by atoms with Gasteiger partial charge in [-0.05, 0) is 38.1 Å². The van der Waals surface area contributed by atoms with E-state index >= 15 is 0 Å². The summed E-state index contributed by atoms with van der Waals surface area (Å²) in [6, 6.07) is 15.5. The summed E-state index contributed by atoms with van der Waals surface area (Å²) in [5.74, 6) is 0.118. The highest BCUT2D eigenvalue weighted by Gasteiger charge is 2.14. The zero-order valence-electron chi connectivity index (χ0n) is 13.0. The fraction of sp³-hybridized carbons (Fsp3) is 0.167. The average Bonchev–Trinajstić information content (AvgIpc) is 2.57. The van der Waals surface area contributed by atoms with E-state index in [2.05, 4.69) is 15.3 Å². The fourth-order valence-electron chi connectivity index (χ4n) is 2.23. The molecule has 0 atom stereocenters. The molecule has 0 radical (unpaired) electrons. The number of aryl methyl sites for hydroxylation is 1. The molecule has 0 aliphatic rings. The number of carbonyl (C=O) groups excluding carboxylic acids is 1. The van der Waals surface area contributed by atoms with Crippen LogP contribution in [-0.4, -0.2) is 22.5 Å². The van der Waals surface area contributed by atoms with Gasteiger partial charge >= 0.3 is 5.97 Å². The molecule has 0 saturated carbocycles. The van der Waals surface area contributed by atoms with E-state index in [1.54, 1.807) is 6.92 Å². The smallest absolute Gasteiger partial charge is 0.376 e. The van der Waals surface area contributed by atoms with Gasteiger partial charge < -0.3 is 10.1 Å². The Kier molecular flexibility index (Phi) is 4.19. The number of nitrogens with one attached hydrogen (secondary N) is 1. The lowest BCUT2D eigenvalue weighted by atomic mass is 10.2. The molecule has 0 aliphatic heterocycles. The highest BCUT2D eigenvalue weighted by molar-refractivity contribution is 5.95. The molecule has 0 amide bonds. The molecule has 2 aromatic carbocycles. The topological polar surface area (TPSA) is 64.1 Å². The molecule has 0 spiro atoms. The molecule has 3 aromatic rings. The van der Waals surface area contributed by atoms with E-state index in [4.69, 9.17) is 4.74 Å². The second-order valence-corrected chi connectivity index (χ2v) is 5.12. The number of hydrogen-bond acceptors (Lipinski definition) is 5. The van der Waals surface area contributed by atoms with Gasteiger partial charge in [-0.15, -0.1) is 0 Å². The maximum Gasteiger partial charge on any atom is 0.376 e. The van der Waals surface area contributed by atoms with E-state index in [0.717, 1.165) is 11.1 Å². The lowest BCUT2D eigenvalue weighted by molar-refractivity contribution is 0.0512. The second kappa shape index (κ2) is 6.44. The Morgan fingerprint density at radius 2 is 1.83 bits per heavy atom. The normalized spacial score (nSPS) is 10.5. The number of ether oxygens (including phenoxy) is 1. The number of nitrogens with zero attached hydrogens (tertiary/aromatic N) is 2. The number of benzene rings is 2. The van der Waals surface area contributed by atoms with Crippen LogP contribution in [0.1, 0.15) is 23.1 Å². The van der Waals surface area contributed by atoms with Crippen molar-refractivity contribution in [3.05, 3.63) is 59.9 Å². The summed E-state index contributed by atoms with van der Waals surface area (Å²) in [7, 11) is 0. The number of carbonyl (C=O) groups is 1. The summed E-state index contributed by atoms with van der Waals surface area (Å²) in [5.41, 5.74) is 2.77. The number of esters is 1. The van der Waals surface area contributed by atoms with Gasteiger partial charge in [-0.2, -0.15) is 0 Å². The van der Waals surface area contributed by atoms with E-state index in [0.29, 0.717) is 11.3 Å². The van der Waals surface area contributed by atoms with Crippen LogP contribution in [0.2, 0.25) is 0 Å². The zero-order valence-corrected chi connectivity index (χ0v) is 13.0. The first kappa shape index (κ1) is 15.0. The highest BCUT2D eigenvalue weighted by atomic mass is 16.5. The van der Waals surface area contributed by atoms with Gasteiger partial charge in [0.25, 0.3) is 0 Å². The van der Waals surface area contributed by atoms with Crippen molar-refractivity contribution < 1.29 is 9.53 Å². The highest BCUT2D eigenvalue weighted by Crippen LogP contribution is 2.24. The van der Waals surface area contributed by atoms with Crippen LogP contribution in [0.3, 0.4) is 0 Å². The summed E-state index contributed by atoms with van der Waals surface area (Å²) in [6.45, 7) is 4.07. The Morgan fingerprint density at radius 3 is 2.57 bits per heavy atom. The number of anilines is 2. The number of aromatic nitrogens is 2. The Hall–Kier alpha value is -2.95. The molecule has 0 bridgehead atoms. The number of para-hydroxylation sites is 1. The van der Waals surface area contributed by atoms with Crippen LogP contribution in [0.4, 0.5) is 11.5 Å². The lowest BCUT2D eigenvalue weighted by Gasteiger charge is -2.10.